The topological polar surface area (TPSA) is 38.0 Å². The first kappa shape index (κ1) is 9.03. The molecule has 70 valence electrons. The number of hydrogen-bond donors (Lipinski definition) is 2. The van der Waals surface area contributed by atoms with Crippen molar-refractivity contribution >= 4 is 21.6 Å². The van der Waals surface area contributed by atoms with Crippen LogP contribution in [0.5, 0.6) is 0 Å². The normalized spacial score (nSPS) is 22.1. The molecular weight excluding hydrogens is 228 g/mol. The Labute approximate surface area is 86.6 Å². The van der Waals surface area contributed by atoms with Crippen LogP contribution in [0.4, 0.5) is 5.69 Å². The lowest BCUT2D eigenvalue weighted by molar-refractivity contribution is 0.649. The van der Waals surface area contributed by atoms with Crippen LogP contribution in [-0.4, -0.2) is 6.54 Å². The number of benzene rings is 1. The van der Waals surface area contributed by atoms with Crippen LogP contribution in [0.25, 0.3) is 0 Å². The van der Waals surface area contributed by atoms with Crippen molar-refractivity contribution in [2.75, 3.05) is 12.3 Å². The van der Waals surface area contributed by atoms with Gasteiger partial charge in [0, 0.05) is 16.2 Å². The van der Waals surface area contributed by atoms with Crippen molar-refractivity contribution in [3.63, 3.8) is 0 Å². The fraction of sp³-hybridized carbons (Fsp3) is 0.400. The number of anilines is 1. The summed E-state index contributed by atoms with van der Waals surface area (Å²) in [6, 6.07) is 6.50. The van der Waals surface area contributed by atoms with Crippen molar-refractivity contribution in [3.05, 3.63) is 28.2 Å². The van der Waals surface area contributed by atoms with Crippen LogP contribution in [0.2, 0.25) is 0 Å². The van der Waals surface area contributed by atoms with E-state index in [1.807, 2.05) is 12.1 Å². The maximum Gasteiger partial charge on any atom is 0.0363 e. The lowest BCUT2D eigenvalue weighted by Gasteiger charge is -2.13. The predicted molar refractivity (Wildman–Crippen MR) is 58.5 cm³/mol. The molecule has 0 unspecified atom stereocenters. The summed E-state index contributed by atoms with van der Waals surface area (Å²) in [5, 5.41) is 3.44. The van der Waals surface area contributed by atoms with E-state index in [-0.39, 0.29) is 0 Å². The Balaban J connectivity index is 2.32. The van der Waals surface area contributed by atoms with Gasteiger partial charge in [0.1, 0.15) is 0 Å². The average molecular weight is 241 g/mol. The van der Waals surface area contributed by atoms with Crippen LogP contribution in [0, 0.1) is 0 Å². The van der Waals surface area contributed by atoms with Gasteiger partial charge in [0.2, 0.25) is 0 Å². The summed E-state index contributed by atoms with van der Waals surface area (Å²) in [5.74, 6) is 0. The summed E-state index contributed by atoms with van der Waals surface area (Å²) in [6.45, 7) is 1.11. The van der Waals surface area contributed by atoms with Crippen LogP contribution in [0.1, 0.15) is 24.4 Å². The Morgan fingerprint density at radius 3 is 3.00 bits per heavy atom. The van der Waals surface area contributed by atoms with Gasteiger partial charge in [-0.3, -0.25) is 0 Å². The molecule has 1 aromatic rings. The Morgan fingerprint density at radius 2 is 2.31 bits per heavy atom. The summed E-state index contributed by atoms with van der Waals surface area (Å²) < 4.78 is 1.10. The predicted octanol–water partition coefficient (Wildman–Crippen LogP) is 2.46. The van der Waals surface area contributed by atoms with E-state index in [1.165, 1.54) is 18.4 Å². The van der Waals surface area contributed by atoms with Crippen molar-refractivity contribution in [1.82, 2.24) is 5.32 Å². The first-order valence-corrected chi connectivity index (χ1v) is 5.35. The number of rotatable bonds is 1. The molecule has 1 saturated heterocycles. The molecule has 13 heavy (non-hydrogen) atoms. The highest BCUT2D eigenvalue weighted by molar-refractivity contribution is 9.10. The molecule has 1 aromatic carbocycles. The van der Waals surface area contributed by atoms with E-state index in [1.54, 1.807) is 0 Å². The number of hydrogen-bond acceptors (Lipinski definition) is 2. The molecule has 0 saturated carbocycles. The zero-order chi connectivity index (χ0) is 9.26. The van der Waals surface area contributed by atoms with Crippen LogP contribution in [-0.2, 0) is 0 Å². The van der Waals surface area contributed by atoms with E-state index in [0.717, 1.165) is 16.7 Å². The highest BCUT2D eigenvalue weighted by Crippen LogP contribution is 2.29. The van der Waals surface area contributed by atoms with E-state index in [4.69, 9.17) is 5.73 Å². The highest BCUT2D eigenvalue weighted by atomic mass is 79.9. The van der Waals surface area contributed by atoms with E-state index in [9.17, 15) is 0 Å². The summed E-state index contributed by atoms with van der Waals surface area (Å²) in [4.78, 5) is 0. The van der Waals surface area contributed by atoms with Crippen molar-refractivity contribution in [2.45, 2.75) is 18.9 Å². The summed E-state index contributed by atoms with van der Waals surface area (Å²) in [6.07, 6.45) is 2.44. The van der Waals surface area contributed by atoms with Crippen molar-refractivity contribution < 1.29 is 0 Å². The molecular formula is C10H13BrN2. The van der Waals surface area contributed by atoms with Gasteiger partial charge in [0.05, 0.1) is 0 Å². The molecule has 2 nitrogen and oxygen atoms in total. The van der Waals surface area contributed by atoms with E-state index in [0.29, 0.717) is 6.04 Å². The number of halogens is 1. The second-order valence-corrected chi connectivity index (χ2v) is 4.34. The summed E-state index contributed by atoms with van der Waals surface area (Å²) in [5.41, 5.74) is 8.03. The van der Waals surface area contributed by atoms with Gasteiger partial charge >= 0.3 is 0 Å². The van der Waals surface area contributed by atoms with E-state index in [2.05, 4.69) is 27.3 Å². The molecule has 2 rings (SSSR count). The lowest BCUT2D eigenvalue weighted by atomic mass is 10.0. The lowest BCUT2D eigenvalue weighted by Crippen LogP contribution is -2.14. The standard InChI is InChI=1S/C10H13BrN2/c11-7-3-4-9(12)8(6-7)10-2-1-5-13-10/h3-4,6,10,13H,1-2,5,12H2/t10-/m1/s1. The number of nitrogens with one attached hydrogen (secondary N) is 1. The molecule has 1 heterocycles. The quantitative estimate of drug-likeness (QED) is 0.741. The minimum absolute atomic E-state index is 0.456. The van der Waals surface area contributed by atoms with Crippen molar-refractivity contribution in [2.24, 2.45) is 0 Å². The zero-order valence-corrected chi connectivity index (χ0v) is 8.97. The smallest absolute Gasteiger partial charge is 0.0363 e. The second-order valence-electron chi connectivity index (χ2n) is 3.42. The molecule has 1 aliphatic rings. The van der Waals surface area contributed by atoms with Crippen LogP contribution >= 0.6 is 15.9 Å². The Morgan fingerprint density at radius 1 is 1.46 bits per heavy atom. The van der Waals surface area contributed by atoms with Crippen LogP contribution < -0.4 is 11.1 Å². The van der Waals surface area contributed by atoms with Gasteiger partial charge in [-0.1, -0.05) is 15.9 Å². The summed E-state index contributed by atoms with van der Waals surface area (Å²) >= 11 is 3.46. The maximum absolute atomic E-state index is 5.91. The Bertz CT molecular complexity index is 306. The molecule has 0 aliphatic carbocycles. The zero-order valence-electron chi connectivity index (χ0n) is 7.39. The van der Waals surface area contributed by atoms with Crippen LogP contribution in [0.3, 0.4) is 0 Å². The third-order valence-electron chi connectivity index (χ3n) is 2.48. The first-order valence-electron chi connectivity index (χ1n) is 4.55. The van der Waals surface area contributed by atoms with Gasteiger partial charge in [-0.25, -0.2) is 0 Å². The molecule has 0 bridgehead atoms. The van der Waals surface area contributed by atoms with Crippen molar-refractivity contribution in [3.8, 4) is 0 Å². The van der Waals surface area contributed by atoms with Gasteiger partial charge in [-0.15, -0.1) is 0 Å². The monoisotopic (exact) mass is 240 g/mol. The van der Waals surface area contributed by atoms with E-state index >= 15 is 0 Å². The SMILES string of the molecule is Nc1ccc(Br)cc1[C@H]1CCCN1. The minimum atomic E-state index is 0.456. The average Bonchev–Trinajstić information content (AvgIpc) is 2.61. The fourth-order valence-electron chi connectivity index (χ4n) is 1.80. The Hall–Kier alpha value is -0.540. The molecule has 1 aliphatic heterocycles. The van der Waals surface area contributed by atoms with Gasteiger partial charge < -0.3 is 11.1 Å². The third-order valence-corrected chi connectivity index (χ3v) is 2.98. The third kappa shape index (κ3) is 1.86. The molecule has 0 aromatic heterocycles. The molecule has 1 atom stereocenters. The van der Waals surface area contributed by atoms with Gasteiger partial charge in [0.25, 0.3) is 0 Å². The molecule has 3 heteroatoms. The highest BCUT2D eigenvalue weighted by Gasteiger charge is 2.18. The van der Waals surface area contributed by atoms with Crippen molar-refractivity contribution in [1.29, 1.82) is 0 Å². The van der Waals surface area contributed by atoms with Gasteiger partial charge in [-0.2, -0.15) is 0 Å². The number of nitrogen functional groups attached to an aromatic ring is 1. The maximum atomic E-state index is 5.91. The first-order chi connectivity index (χ1) is 6.27. The minimum Gasteiger partial charge on any atom is -0.398 e. The summed E-state index contributed by atoms with van der Waals surface area (Å²) in [7, 11) is 0. The molecule has 3 N–H and O–H groups in total. The second kappa shape index (κ2) is 3.68. The molecule has 0 spiro atoms. The van der Waals surface area contributed by atoms with E-state index < -0.39 is 0 Å². The van der Waals surface area contributed by atoms with Crippen LogP contribution in [0.15, 0.2) is 22.7 Å². The van der Waals surface area contributed by atoms with Gasteiger partial charge in [-0.05, 0) is 43.1 Å². The van der Waals surface area contributed by atoms with Gasteiger partial charge in [0.15, 0.2) is 0 Å². The fourth-order valence-corrected chi connectivity index (χ4v) is 2.18. The number of nitrogens with two attached hydrogens (primary N) is 1. The molecule has 0 amide bonds. The molecule has 0 radical (unpaired) electrons. The molecule has 1 fully saturated rings. The Kier molecular flexibility index (Phi) is 2.56. The largest absolute Gasteiger partial charge is 0.398 e.